The van der Waals surface area contributed by atoms with Crippen LogP contribution in [0.4, 0.5) is 4.79 Å². The van der Waals surface area contributed by atoms with Crippen LogP contribution in [-0.4, -0.2) is 12.1 Å². The van der Waals surface area contributed by atoms with Crippen LogP contribution < -0.4 is 9.88 Å². The molecule has 0 spiro atoms. The standard InChI is InChI=1S/C16H18N2O2.Y/c1-14(12-15-8-4-2-5-9-15)17-16(19)20-13-18-10-6-3-7-11-18;/h2-11,13-14H,12H2,1H3,(H,17,19);/t14-;/m0./s1. The van der Waals surface area contributed by atoms with Crippen molar-refractivity contribution in [2.24, 2.45) is 0 Å². The molecule has 0 saturated heterocycles. The molecule has 2 rings (SSSR count). The molecule has 0 aliphatic heterocycles. The first kappa shape index (κ1) is 17.7. The summed E-state index contributed by atoms with van der Waals surface area (Å²) in [4.78, 5) is 11.6. The van der Waals surface area contributed by atoms with Crippen LogP contribution in [0.5, 0.6) is 0 Å². The van der Waals surface area contributed by atoms with Gasteiger partial charge in [0.05, 0.1) is 12.4 Å². The molecule has 1 radical (unpaired) electrons. The number of amides is 1. The van der Waals surface area contributed by atoms with Gasteiger partial charge in [-0.25, -0.2) is 4.79 Å². The molecule has 0 unspecified atom stereocenters. The van der Waals surface area contributed by atoms with Gasteiger partial charge in [-0.15, -0.1) is 0 Å². The maximum absolute atomic E-state index is 11.6. The Balaban J connectivity index is 0.00000220. The summed E-state index contributed by atoms with van der Waals surface area (Å²) >= 11 is 0. The van der Waals surface area contributed by atoms with E-state index in [1.165, 1.54) is 12.3 Å². The van der Waals surface area contributed by atoms with Gasteiger partial charge in [0.15, 0.2) is 0 Å². The first-order valence-corrected chi connectivity index (χ1v) is 6.54. The largest absolute Gasteiger partial charge is 0.423 e. The molecule has 0 fully saturated rings. The van der Waals surface area contributed by atoms with Crippen LogP contribution in [0.2, 0.25) is 0 Å². The quantitative estimate of drug-likeness (QED) is 0.658. The van der Waals surface area contributed by atoms with E-state index < -0.39 is 6.09 Å². The second kappa shape index (κ2) is 9.53. The van der Waals surface area contributed by atoms with E-state index in [0.29, 0.717) is 0 Å². The van der Waals surface area contributed by atoms with Crippen molar-refractivity contribution in [3.05, 3.63) is 73.2 Å². The molecule has 21 heavy (non-hydrogen) atoms. The SMILES string of the molecule is C[C@@H](Cc1ccccc1)NC(=O)O[CH-][n+]1ccccc1.[Y]. The molecule has 2 aromatic rings. The average Bonchev–Trinajstić information content (AvgIpc) is 2.47. The van der Waals surface area contributed by atoms with Gasteiger partial charge < -0.3 is 14.6 Å². The number of benzene rings is 1. The van der Waals surface area contributed by atoms with Crippen LogP contribution >= 0.6 is 0 Å². The minimum atomic E-state index is -0.454. The van der Waals surface area contributed by atoms with E-state index in [-0.39, 0.29) is 38.8 Å². The topological polar surface area (TPSA) is 42.2 Å². The van der Waals surface area contributed by atoms with Gasteiger partial charge in [-0.1, -0.05) is 48.5 Å². The summed E-state index contributed by atoms with van der Waals surface area (Å²) in [6, 6.07) is 15.6. The molecule has 4 nitrogen and oxygen atoms in total. The Morgan fingerprint density at radius 1 is 1.19 bits per heavy atom. The zero-order valence-corrected chi connectivity index (χ0v) is 14.8. The molecule has 0 saturated carbocycles. The molecule has 1 atom stereocenters. The average molecular weight is 359 g/mol. The smallest absolute Gasteiger partial charge is 0.404 e. The molecule has 1 N–H and O–H groups in total. The van der Waals surface area contributed by atoms with Crippen molar-refractivity contribution in [1.29, 1.82) is 0 Å². The maximum atomic E-state index is 11.6. The normalized spacial score (nSPS) is 10.9. The van der Waals surface area contributed by atoms with Gasteiger partial charge in [-0.2, -0.15) is 0 Å². The van der Waals surface area contributed by atoms with Gasteiger partial charge in [0.25, 0.3) is 0 Å². The summed E-state index contributed by atoms with van der Waals surface area (Å²) in [6.07, 6.45) is 3.90. The van der Waals surface area contributed by atoms with E-state index in [0.717, 1.165) is 6.42 Å². The van der Waals surface area contributed by atoms with Crippen LogP contribution in [0, 0.1) is 6.73 Å². The molecular weight excluding hydrogens is 341 g/mol. The number of hydrogen-bond acceptors (Lipinski definition) is 2. The summed E-state index contributed by atoms with van der Waals surface area (Å²) in [6.45, 7) is 3.31. The van der Waals surface area contributed by atoms with E-state index in [9.17, 15) is 4.79 Å². The van der Waals surface area contributed by atoms with Gasteiger partial charge >= 0.3 is 6.09 Å². The first-order valence-electron chi connectivity index (χ1n) is 6.54. The number of pyridine rings is 1. The third-order valence-corrected chi connectivity index (χ3v) is 2.77. The van der Waals surface area contributed by atoms with Crippen molar-refractivity contribution in [1.82, 2.24) is 5.32 Å². The second-order valence-electron chi connectivity index (χ2n) is 4.57. The summed E-state index contributed by atoms with van der Waals surface area (Å²) < 4.78 is 6.69. The second-order valence-corrected chi connectivity index (χ2v) is 4.57. The molecule has 1 amide bonds. The molecule has 5 heteroatoms. The van der Waals surface area contributed by atoms with Crippen LogP contribution in [0.3, 0.4) is 0 Å². The molecule has 0 bridgehead atoms. The minimum Gasteiger partial charge on any atom is -0.423 e. The molecular formula is C16H18N2O2Y. The number of hydrogen-bond donors (Lipinski definition) is 1. The van der Waals surface area contributed by atoms with Crippen molar-refractivity contribution in [2.75, 3.05) is 0 Å². The van der Waals surface area contributed by atoms with Crippen LogP contribution in [0.15, 0.2) is 60.9 Å². The van der Waals surface area contributed by atoms with E-state index in [1.807, 2.05) is 55.5 Å². The van der Waals surface area contributed by atoms with E-state index in [4.69, 9.17) is 4.74 Å². The third kappa shape index (κ3) is 6.74. The molecule has 0 aliphatic carbocycles. The maximum Gasteiger partial charge on any atom is 0.404 e. The van der Waals surface area contributed by atoms with Gasteiger partial charge in [-0.05, 0) is 18.9 Å². The number of carbonyl (C=O) groups is 1. The van der Waals surface area contributed by atoms with Gasteiger partial charge in [0.2, 0.25) is 6.73 Å². The summed E-state index contributed by atoms with van der Waals surface area (Å²) in [5, 5.41) is 2.79. The number of alkyl carbamates (subject to hydrolysis) is 1. The fourth-order valence-electron chi connectivity index (χ4n) is 1.84. The van der Waals surface area contributed by atoms with E-state index in [2.05, 4.69) is 5.32 Å². The Hall–Kier alpha value is -1.39. The minimum absolute atomic E-state index is 0. The zero-order chi connectivity index (χ0) is 14.2. The Morgan fingerprint density at radius 3 is 2.48 bits per heavy atom. The number of carbonyl (C=O) groups excluding carboxylic acids is 1. The van der Waals surface area contributed by atoms with Crippen molar-refractivity contribution in [2.45, 2.75) is 19.4 Å². The summed E-state index contributed by atoms with van der Waals surface area (Å²) in [5.41, 5.74) is 1.18. The number of ether oxygens (including phenoxy) is 1. The van der Waals surface area contributed by atoms with Gasteiger partial charge in [0.1, 0.15) is 0 Å². The molecule has 1 heterocycles. The molecule has 0 aliphatic rings. The number of nitrogens with zero attached hydrogens (tertiary/aromatic N) is 1. The van der Waals surface area contributed by atoms with Crippen molar-refractivity contribution in [3.63, 3.8) is 0 Å². The van der Waals surface area contributed by atoms with Crippen LogP contribution in [0.25, 0.3) is 0 Å². The number of rotatable bonds is 5. The van der Waals surface area contributed by atoms with Gasteiger partial charge in [0, 0.05) is 38.8 Å². The Kier molecular flexibility index (Phi) is 8.02. The fourth-order valence-corrected chi connectivity index (χ4v) is 1.84. The number of aromatic nitrogens is 1. The van der Waals surface area contributed by atoms with Crippen LogP contribution in [0.1, 0.15) is 12.5 Å². The fraction of sp³-hybridized carbons (Fsp3) is 0.188. The number of nitrogens with one attached hydrogen (secondary N) is 1. The summed E-state index contributed by atoms with van der Waals surface area (Å²) in [7, 11) is 0. The molecule has 1 aromatic heterocycles. The Morgan fingerprint density at radius 2 is 1.81 bits per heavy atom. The zero-order valence-electron chi connectivity index (χ0n) is 12.0. The predicted octanol–water partition coefficient (Wildman–Crippen LogP) is 2.30. The van der Waals surface area contributed by atoms with Gasteiger partial charge in [-0.3, -0.25) is 0 Å². The molecule has 107 valence electrons. The van der Waals surface area contributed by atoms with E-state index in [1.54, 1.807) is 17.0 Å². The first-order chi connectivity index (χ1) is 9.74. The molecule has 1 aromatic carbocycles. The van der Waals surface area contributed by atoms with Crippen molar-refractivity contribution < 1.29 is 46.8 Å². The predicted molar refractivity (Wildman–Crippen MR) is 75.6 cm³/mol. The summed E-state index contributed by atoms with van der Waals surface area (Å²) in [5.74, 6) is 0. The Labute approximate surface area is 150 Å². The van der Waals surface area contributed by atoms with Crippen LogP contribution in [-0.2, 0) is 43.9 Å². The van der Waals surface area contributed by atoms with Crippen molar-refractivity contribution >= 4 is 6.09 Å². The van der Waals surface area contributed by atoms with Crippen molar-refractivity contribution in [3.8, 4) is 0 Å². The van der Waals surface area contributed by atoms with E-state index >= 15 is 0 Å². The Bertz CT molecular complexity index is 534. The monoisotopic (exact) mass is 359 g/mol. The third-order valence-electron chi connectivity index (χ3n) is 2.77.